The van der Waals surface area contributed by atoms with Crippen LogP contribution in [-0.4, -0.2) is 22.7 Å². The summed E-state index contributed by atoms with van der Waals surface area (Å²) < 4.78 is 6.24. The van der Waals surface area contributed by atoms with E-state index in [9.17, 15) is 9.90 Å². The summed E-state index contributed by atoms with van der Waals surface area (Å²) in [6.07, 6.45) is 3.68. The molecule has 1 saturated carbocycles. The van der Waals surface area contributed by atoms with E-state index in [1.165, 1.54) is 12.8 Å². The molecule has 3 atom stereocenters. The normalized spacial score (nSPS) is 20.4. The van der Waals surface area contributed by atoms with Gasteiger partial charge in [0.05, 0.1) is 17.6 Å². The Bertz CT molecular complexity index is 837. The second-order valence-electron chi connectivity index (χ2n) is 9.78. The number of amides is 1. The van der Waals surface area contributed by atoms with Crippen molar-refractivity contribution in [3.63, 3.8) is 0 Å². The minimum atomic E-state index is -1.11. The van der Waals surface area contributed by atoms with Crippen LogP contribution in [0, 0.1) is 5.41 Å². The Balaban J connectivity index is 1.73. The predicted molar refractivity (Wildman–Crippen MR) is 121 cm³/mol. The van der Waals surface area contributed by atoms with E-state index in [-0.39, 0.29) is 23.3 Å². The number of hydrogen-bond acceptors (Lipinski definition) is 3. The van der Waals surface area contributed by atoms with Crippen LogP contribution in [0.5, 0.6) is 5.75 Å². The number of benzene rings is 2. The number of ether oxygens (including phenoxy) is 1. The fourth-order valence-electron chi connectivity index (χ4n) is 4.24. The van der Waals surface area contributed by atoms with Gasteiger partial charge < -0.3 is 15.2 Å². The molecule has 0 aliphatic heterocycles. The van der Waals surface area contributed by atoms with Crippen LogP contribution in [0.2, 0.25) is 0 Å². The zero-order valence-electron chi connectivity index (χ0n) is 18.8. The van der Waals surface area contributed by atoms with E-state index in [0.717, 1.165) is 23.3 Å². The second-order valence-corrected chi connectivity index (χ2v) is 9.78. The number of aliphatic hydroxyl groups is 1. The Morgan fingerprint density at radius 3 is 2.27 bits per heavy atom. The number of carbonyl (C=O) groups is 1. The molecule has 3 rings (SSSR count). The van der Waals surface area contributed by atoms with Crippen LogP contribution in [-0.2, 0) is 4.79 Å². The SMILES string of the molecule is C[C@H](C(=O)N[C@H](c1ccc(OC2CCCC2(C)C)cc1)C(C)(C)O)c1ccccc1. The van der Waals surface area contributed by atoms with Crippen molar-refractivity contribution in [1.82, 2.24) is 5.32 Å². The maximum absolute atomic E-state index is 12.9. The molecule has 2 aromatic carbocycles. The van der Waals surface area contributed by atoms with E-state index in [1.807, 2.05) is 61.5 Å². The first-order chi connectivity index (χ1) is 14.1. The summed E-state index contributed by atoms with van der Waals surface area (Å²) >= 11 is 0. The van der Waals surface area contributed by atoms with Crippen molar-refractivity contribution in [2.45, 2.75) is 77.5 Å². The highest BCUT2D eigenvalue weighted by molar-refractivity contribution is 5.83. The van der Waals surface area contributed by atoms with E-state index in [0.29, 0.717) is 0 Å². The van der Waals surface area contributed by atoms with Crippen LogP contribution in [0.3, 0.4) is 0 Å². The Hall–Kier alpha value is -2.33. The van der Waals surface area contributed by atoms with Crippen LogP contribution in [0.1, 0.15) is 77.0 Å². The van der Waals surface area contributed by atoms with Crippen molar-refractivity contribution in [3.8, 4) is 5.75 Å². The van der Waals surface area contributed by atoms with Gasteiger partial charge in [-0.3, -0.25) is 4.79 Å². The van der Waals surface area contributed by atoms with Gasteiger partial charge in [-0.2, -0.15) is 0 Å². The summed E-state index contributed by atoms with van der Waals surface area (Å²) in [7, 11) is 0. The molecule has 1 unspecified atom stereocenters. The van der Waals surface area contributed by atoms with Crippen LogP contribution < -0.4 is 10.1 Å². The van der Waals surface area contributed by atoms with E-state index < -0.39 is 11.6 Å². The molecule has 1 aliphatic rings. The lowest BCUT2D eigenvalue weighted by Crippen LogP contribution is -2.43. The number of hydrogen-bond donors (Lipinski definition) is 2. The first-order valence-electron chi connectivity index (χ1n) is 10.9. The molecule has 0 radical (unpaired) electrons. The summed E-state index contributed by atoms with van der Waals surface area (Å²) in [6.45, 7) is 9.83. The van der Waals surface area contributed by atoms with Gasteiger partial charge in [-0.1, -0.05) is 56.3 Å². The van der Waals surface area contributed by atoms with Crippen molar-refractivity contribution < 1.29 is 14.6 Å². The van der Waals surface area contributed by atoms with Gasteiger partial charge >= 0.3 is 0 Å². The summed E-state index contributed by atoms with van der Waals surface area (Å²) in [4.78, 5) is 12.9. The van der Waals surface area contributed by atoms with Crippen molar-refractivity contribution in [2.24, 2.45) is 5.41 Å². The van der Waals surface area contributed by atoms with E-state index in [1.54, 1.807) is 13.8 Å². The molecule has 0 saturated heterocycles. The topological polar surface area (TPSA) is 58.6 Å². The lowest BCUT2D eigenvalue weighted by Gasteiger charge is -2.32. The third-order valence-electron chi connectivity index (χ3n) is 6.34. The van der Waals surface area contributed by atoms with E-state index >= 15 is 0 Å². The zero-order valence-corrected chi connectivity index (χ0v) is 18.8. The molecular formula is C26H35NO3. The molecule has 1 amide bonds. The summed E-state index contributed by atoms with van der Waals surface area (Å²) in [5.41, 5.74) is 0.888. The minimum Gasteiger partial charge on any atom is -0.490 e. The van der Waals surface area contributed by atoms with E-state index in [4.69, 9.17) is 4.74 Å². The van der Waals surface area contributed by atoms with Crippen LogP contribution >= 0.6 is 0 Å². The van der Waals surface area contributed by atoms with Crippen LogP contribution in [0.4, 0.5) is 0 Å². The summed E-state index contributed by atoms with van der Waals surface area (Å²) in [6, 6.07) is 16.9. The van der Waals surface area contributed by atoms with Gasteiger partial charge in [0, 0.05) is 5.41 Å². The Kier molecular flexibility index (Phi) is 6.56. The van der Waals surface area contributed by atoms with Crippen molar-refractivity contribution in [1.29, 1.82) is 0 Å². The van der Waals surface area contributed by atoms with Gasteiger partial charge in [-0.05, 0) is 63.3 Å². The number of rotatable bonds is 7. The molecule has 0 spiro atoms. The molecule has 1 fully saturated rings. The lowest BCUT2D eigenvalue weighted by molar-refractivity contribution is -0.125. The van der Waals surface area contributed by atoms with Gasteiger partial charge in [-0.15, -0.1) is 0 Å². The maximum atomic E-state index is 12.9. The quantitative estimate of drug-likeness (QED) is 0.646. The molecule has 162 valence electrons. The Labute approximate surface area is 180 Å². The van der Waals surface area contributed by atoms with Gasteiger partial charge in [0.15, 0.2) is 0 Å². The first-order valence-corrected chi connectivity index (χ1v) is 10.9. The van der Waals surface area contributed by atoms with Gasteiger partial charge in [0.2, 0.25) is 5.91 Å². The molecule has 0 bridgehead atoms. The summed E-state index contributed by atoms with van der Waals surface area (Å²) in [5, 5.41) is 13.8. The predicted octanol–water partition coefficient (Wildman–Crippen LogP) is 5.38. The fraction of sp³-hybridized carbons (Fsp3) is 0.500. The lowest BCUT2D eigenvalue weighted by atomic mass is 9.89. The highest BCUT2D eigenvalue weighted by Gasteiger charge is 2.36. The molecule has 0 aromatic heterocycles. The van der Waals surface area contributed by atoms with Gasteiger partial charge in [0.25, 0.3) is 0 Å². The van der Waals surface area contributed by atoms with E-state index in [2.05, 4.69) is 19.2 Å². The maximum Gasteiger partial charge on any atom is 0.227 e. The Morgan fingerprint density at radius 2 is 1.73 bits per heavy atom. The fourth-order valence-corrected chi connectivity index (χ4v) is 4.24. The molecule has 0 heterocycles. The third-order valence-corrected chi connectivity index (χ3v) is 6.34. The van der Waals surface area contributed by atoms with Crippen molar-refractivity contribution in [2.75, 3.05) is 0 Å². The molecule has 2 N–H and O–H groups in total. The molecule has 1 aliphatic carbocycles. The Morgan fingerprint density at radius 1 is 1.10 bits per heavy atom. The van der Waals surface area contributed by atoms with Gasteiger partial charge in [-0.25, -0.2) is 0 Å². The molecule has 2 aromatic rings. The van der Waals surface area contributed by atoms with Crippen LogP contribution in [0.25, 0.3) is 0 Å². The third kappa shape index (κ3) is 5.23. The molecule has 4 nitrogen and oxygen atoms in total. The highest BCUT2D eigenvalue weighted by Crippen LogP contribution is 2.40. The van der Waals surface area contributed by atoms with Crippen molar-refractivity contribution >= 4 is 5.91 Å². The van der Waals surface area contributed by atoms with Crippen LogP contribution in [0.15, 0.2) is 54.6 Å². The summed E-state index contributed by atoms with van der Waals surface area (Å²) in [5.74, 6) is 0.418. The smallest absolute Gasteiger partial charge is 0.227 e. The number of nitrogens with one attached hydrogen (secondary N) is 1. The van der Waals surface area contributed by atoms with Gasteiger partial charge in [0.1, 0.15) is 11.9 Å². The highest BCUT2D eigenvalue weighted by atomic mass is 16.5. The average molecular weight is 410 g/mol. The second kappa shape index (κ2) is 8.81. The molecule has 30 heavy (non-hydrogen) atoms. The number of carbonyl (C=O) groups excluding carboxylic acids is 1. The largest absolute Gasteiger partial charge is 0.490 e. The molecule has 4 heteroatoms. The average Bonchev–Trinajstić information content (AvgIpc) is 3.04. The minimum absolute atomic E-state index is 0.110. The first kappa shape index (κ1) is 22.4. The monoisotopic (exact) mass is 409 g/mol. The van der Waals surface area contributed by atoms with Crippen molar-refractivity contribution in [3.05, 3.63) is 65.7 Å². The molecular weight excluding hydrogens is 374 g/mol. The standard InChI is InChI=1S/C26H35NO3/c1-18(19-10-7-6-8-11-19)24(28)27-23(26(4,5)29)20-13-15-21(16-14-20)30-22-12-9-17-25(22,2)3/h6-8,10-11,13-16,18,22-23,29H,9,12,17H2,1-5H3,(H,27,28)/t18-,22?,23+/m0/s1. The zero-order chi connectivity index (χ0) is 21.9.